The number of anilines is 1. The molecule has 3 aromatic carbocycles. The van der Waals surface area contributed by atoms with Gasteiger partial charge in [-0.2, -0.15) is 0 Å². The van der Waals surface area contributed by atoms with Gasteiger partial charge in [-0.25, -0.2) is 4.39 Å². The largest absolute Gasteiger partial charge is 0.457 e. The second kappa shape index (κ2) is 15.4. The number of ether oxygens (including phenoxy) is 2. The topological polar surface area (TPSA) is 76.7 Å². The van der Waals surface area contributed by atoms with E-state index in [9.17, 15) is 14.0 Å². The summed E-state index contributed by atoms with van der Waals surface area (Å²) in [5.74, 6) is 0.322. The van der Waals surface area contributed by atoms with Crippen LogP contribution in [0.5, 0.6) is 11.5 Å². The summed E-state index contributed by atoms with van der Waals surface area (Å²) in [7, 11) is 0. The molecule has 1 unspecified atom stereocenters. The van der Waals surface area contributed by atoms with E-state index in [1.807, 2.05) is 37.3 Å². The Morgan fingerprint density at radius 1 is 0.923 bits per heavy atom. The van der Waals surface area contributed by atoms with Crippen molar-refractivity contribution in [2.75, 3.05) is 11.9 Å². The normalized spacial score (nSPS) is 12.2. The van der Waals surface area contributed by atoms with Gasteiger partial charge in [-0.3, -0.25) is 9.59 Å². The second-order valence-electron chi connectivity index (χ2n) is 9.86. The van der Waals surface area contributed by atoms with E-state index in [1.54, 1.807) is 24.3 Å². The van der Waals surface area contributed by atoms with Gasteiger partial charge in [0.05, 0.1) is 13.2 Å². The first-order valence-corrected chi connectivity index (χ1v) is 13.2. The van der Waals surface area contributed by atoms with Crippen LogP contribution in [0.25, 0.3) is 0 Å². The highest BCUT2D eigenvalue weighted by atomic mass is 19.1. The highest BCUT2D eigenvalue weighted by molar-refractivity contribution is 5.97. The van der Waals surface area contributed by atoms with Gasteiger partial charge in [0, 0.05) is 12.1 Å². The molecule has 0 radical (unpaired) electrons. The molecular formula is C32H37FN2O4. The van der Waals surface area contributed by atoms with E-state index >= 15 is 0 Å². The van der Waals surface area contributed by atoms with Gasteiger partial charge in [0.15, 0.2) is 0 Å². The molecule has 206 valence electrons. The molecule has 0 spiro atoms. The predicted molar refractivity (Wildman–Crippen MR) is 152 cm³/mol. The molecule has 2 atom stereocenters. The number of hydrogen-bond donors (Lipinski definition) is 2. The number of nitrogens with one attached hydrogen (secondary N) is 2. The van der Waals surface area contributed by atoms with Crippen molar-refractivity contribution in [2.24, 2.45) is 5.92 Å². The monoisotopic (exact) mass is 532 g/mol. The Bertz CT molecular complexity index is 1210. The molecule has 0 bridgehead atoms. The minimum Gasteiger partial charge on any atom is -0.457 e. The zero-order chi connectivity index (χ0) is 28.0. The van der Waals surface area contributed by atoms with E-state index in [2.05, 4.69) is 30.6 Å². The van der Waals surface area contributed by atoms with Crippen molar-refractivity contribution in [1.82, 2.24) is 5.32 Å². The highest BCUT2D eigenvalue weighted by Gasteiger charge is 2.22. The number of halogens is 1. The molecule has 0 aliphatic heterocycles. The minimum absolute atomic E-state index is 0.0321. The number of allylic oxidation sites excluding steroid dienone is 2. The van der Waals surface area contributed by atoms with Crippen LogP contribution in [0, 0.1) is 11.7 Å². The van der Waals surface area contributed by atoms with E-state index in [1.165, 1.54) is 29.8 Å². The maximum absolute atomic E-state index is 13.2. The van der Waals surface area contributed by atoms with Crippen molar-refractivity contribution in [2.45, 2.75) is 52.7 Å². The third-order valence-electron chi connectivity index (χ3n) is 5.96. The zero-order valence-corrected chi connectivity index (χ0v) is 22.8. The number of benzene rings is 3. The molecule has 7 heteroatoms. The Morgan fingerprint density at radius 2 is 1.56 bits per heavy atom. The maximum atomic E-state index is 13.2. The SMILES string of the molecule is CC(C)=CCCC(C)CC(=O)N[C@@H](COCc1ccccc1)C(=O)Nc1ccc(Oc2ccc(F)cc2)cc1. The number of carbonyl (C=O) groups excluding carboxylic acids is 2. The van der Waals surface area contributed by atoms with Crippen molar-refractivity contribution in [3.63, 3.8) is 0 Å². The Kier molecular flexibility index (Phi) is 11.7. The molecule has 0 saturated heterocycles. The first-order chi connectivity index (χ1) is 18.8. The molecule has 0 aliphatic rings. The fourth-order valence-corrected chi connectivity index (χ4v) is 3.85. The predicted octanol–water partition coefficient (Wildman–Crippen LogP) is 7.03. The van der Waals surface area contributed by atoms with Crippen LogP contribution in [0.2, 0.25) is 0 Å². The van der Waals surface area contributed by atoms with Gasteiger partial charge in [0.2, 0.25) is 11.8 Å². The van der Waals surface area contributed by atoms with Gasteiger partial charge in [-0.15, -0.1) is 0 Å². The summed E-state index contributed by atoms with van der Waals surface area (Å²) in [5, 5.41) is 5.70. The Labute approximate surface area is 230 Å². The fraction of sp³-hybridized carbons (Fsp3) is 0.312. The van der Waals surface area contributed by atoms with Gasteiger partial charge in [-0.1, -0.05) is 48.9 Å². The van der Waals surface area contributed by atoms with E-state index in [0.29, 0.717) is 30.2 Å². The Morgan fingerprint density at radius 3 is 2.21 bits per heavy atom. The van der Waals surface area contributed by atoms with Crippen LogP contribution in [0.3, 0.4) is 0 Å². The molecule has 2 amide bonds. The van der Waals surface area contributed by atoms with Crippen LogP contribution in [0.15, 0.2) is 90.5 Å². The Hall–Kier alpha value is -3.97. The summed E-state index contributed by atoms with van der Waals surface area (Å²) in [6.07, 6.45) is 4.31. The quantitative estimate of drug-likeness (QED) is 0.219. The summed E-state index contributed by atoms with van der Waals surface area (Å²) in [6, 6.07) is 21.3. The average molecular weight is 533 g/mol. The molecule has 6 nitrogen and oxygen atoms in total. The summed E-state index contributed by atoms with van der Waals surface area (Å²) in [5.41, 5.74) is 2.78. The van der Waals surface area contributed by atoms with Crippen LogP contribution in [0.1, 0.15) is 45.6 Å². The first kappa shape index (κ1) is 29.6. The lowest BCUT2D eigenvalue weighted by atomic mass is 10.0. The Balaban J connectivity index is 1.59. The average Bonchev–Trinajstić information content (AvgIpc) is 2.91. The van der Waals surface area contributed by atoms with Crippen LogP contribution < -0.4 is 15.4 Å². The molecule has 0 saturated carbocycles. The standard InChI is InChI=1S/C32H37FN2O4/c1-23(2)8-7-9-24(3)20-31(36)35-30(22-38-21-25-10-5-4-6-11-25)32(37)34-27-14-18-29(19-15-27)39-28-16-12-26(33)13-17-28/h4-6,8,10-19,24,30H,7,9,20-22H2,1-3H3,(H,34,37)(H,35,36)/t24?,30-/m0/s1. The molecule has 0 fully saturated rings. The number of rotatable bonds is 14. The van der Waals surface area contributed by atoms with E-state index in [0.717, 1.165) is 18.4 Å². The number of amides is 2. The molecule has 2 N–H and O–H groups in total. The fourth-order valence-electron chi connectivity index (χ4n) is 3.85. The summed E-state index contributed by atoms with van der Waals surface area (Å²) in [6.45, 7) is 6.51. The van der Waals surface area contributed by atoms with E-state index in [4.69, 9.17) is 9.47 Å². The van der Waals surface area contributed by atoms with Crippen molar-refractivity contribution < 1.29 is 23.5 Å². The first-order valence-electron chi connectivity index (χ1n) is 13.2. The molecule has 0 heterocycles. The van der Waals surface area contributed by atoms with Crippen LogP contribution in [-0.4, -0.2) is 24.5 Å². The summed E-state index contributed by atoms with van der Waals surface area (Å²) >= 11 is 0. The van der Waals surface area contributed by atoms with Gasteiger partial charge in [0.1, 0.15) is 23.4 Å². The zero-order valence-electron chi connectivity index (χ0n) is 22.8. The maximum Gasteiger partial charge on any atom is 0.249 e. The smallest absolute Gasteiger partial charge is 0.249 e. The van der Waals surface area contributed by atoms with Gasteiger partial charge >= 0.3 is 0 Å². The van der Waals surface area contributed by atoms with Crippen molar-refractivity contribution >= 4 is 17.5 Å². The van der Waals surface area contributed by atoms with Gasteiger partial charge in [-0.05, 0) is 86.7 Å². The number of hydrogen-bond acceptors (Lipinski definition) is 4. The molecular weight excluding hydrogens is 495 g/mol. The highest BCUT2D eigenvalue weighted by Crippen LogP contribution is 2.23. The van der Waals surface area contributed by atoms with Gasteiger partial charge < -0.3 is 20.1 Å². The third-order valence-corrected chi connectivity index (χ3v) is 5.96. The van der Waals surface area contributed by atoms with Crippen molar-refractivity contribution in [1.29, 1.82) is 0 Å². The molecule has 3 aromatic rings. The van der Waals surface area contributed by atoms with Crippen molar-refractivity contribution in [3.05, 3.63) is 102 Å². The van der Waals surface area contributed by atoms with Crippen LogP contribution in [0.4, 0.5) is 10.1 Å². The van der Waals surface area contributed by atoms with Crippen molar-refractivity contribution in [3.8, 4) is 11.5 Å². The number of carbonyl (C=O) groups is 2. The summed E-state index contributed by atoms with van der Waals surface area (Å²) in [4.78, 5) is 25.9. The molecule has 3 rings (SSSR count). The summed E-state index contributed by atoms with van der Waals surface area (Å²) < 4.78 is 24.6. The van der Waals surface area contributed by atoms with E-state index in [-0.39, 0.29) is 30.2 Å². The lowest BCUT2D eigenvalue weighted by Crippen LogP contribution is -2.47. The molecule has 0 aliphatic carbocycles. The molecule has 0 aromatic heterocycles. The van der Waals surface area contributed by atoms with Crippen LogP contribution >= 0.6 is 0 Å². The lowest BCUT2D eigenvalue weighted by molar-refractivity contribution is -0.128. The third kappa shape index (κ3) is 11.1. The van der Waals surface area contributed by atoms with Crippen LogP contribution in [-0.2, 0) is 20.9 Å². The second-order valence-corrected chi connectivity index (χ2v) is 9.86. The molecule has 39 heavy (non-hydrogen) atoms. The van der Waals surface area contributed by atoms with Gasteiger partial charge in [0.25, 0.3) is 0 Å². The van der Waals surface area contributed by atoms with E-state index < -0.39 is 6.04 Å². The minimum atomic E-state index is -0.860. The lowest BCUT2D eigenvalue weighted by Gasteiger charge is -2.20.